The summed E-state index contributed by atoms with van der Waals surface area (Å²) >= 11 is 0. The Kier molecular flexibility index (Phi) is 4.08. The molecule has 154 valence electrons. The van der Waals surface area contributed by atoms with E-state index in [2.05, 4.69) is 0 Å². The Morgan fingerprint density at radius 3 is 2.54 bits per heavy atom. The molecule has 0 saturated heterocycles. The van der Waals surface area contributed by atoms with Crippen molar-refractivity contribution in [1.82, 2.24) is 0 Å². The molecule has 0 aromatic heterocycles. The van der Waals surface area contributed by atoms with Crippen LogP contribution in [0.3, 0.4) is 0 Å². The average molecular weight is 390 g/mol. The minimum Gasteiger partial charge on any atom is -0.456 e. The molecule has 8 atom stereocenters. The Labute approximate surface area is 165 Å². The third kappa shape index (κ3) is 2.14. The van der Waals surface area contributed by atoms with Gasteiger partial charge in [0.25, 0.3) is 0 Å². The van der Waals surface area contributed by atoms with E-state index in [1.807, 2.05) is 32.9 Å². The minimum atomic E-state index is -1.59. The van der Waals surface area contributed by atoms with Gasteiger partial charge >= 0.3 is 5.97 Å². The van der Waals surface area contributed by atoms with Crippen molar-refractivity contribution in [3.8, 4) is 0 Å². The van der Waals surface area contributed by atoms with E-state index in [9.17, 15) is 24.9 Å². The molecule has 0 radical (unpaired) electrons. The van der Waals surface area contributed by atoms with Gasteiger partial charge in [-0.2, -0.15) is 0 Å². The molecule has 6 nitrogen and oxygen atoms in total. The van der Waals surface area contributed by atoms with Gasteiger partial charge in [-0.3, -0.25) is 9.59 Å². The molecular weight excluding hydrogens is 360 g/mol. The lowest BCUT2D eigenvalue weighted by Crippen LogP contribution is -2.54. The van der Waals surface area contributed by atoms with Gasteiger partial charge in [0, 0.05) is 30.6 Å². The number of hydrogen-bond acceptors (Lipinski definition) is 6. The number of fused-ring (bicyclic) bond motifs is 5. The number of rotatable bonds is 2. The summed E-state index contributed by atoms with van der Waals surface area (Å²) in [5.41, 5.74) is -1.88. The third-order valence-corrected chi connectivity index (χ3v) is 8.12. The molecule has 28 heavy (non-hydrogen) atoms. The molecule has 0 amide bonds. The van der Waals surface area contributed by atoms with Gasteiger partial charge in [-0.25, -0.2) is 0 Å². The summed E-state index contributed by atoms with van der Waals surface area (Å²) in [5.74, 6) is -1.93. The monoisotopic (exact) mass is 390 g/mol. The predicted molar refractivity (Wildman–Crippen MR) is 101 cm³/mol. The first-order valence-electron chi connectivity index (χ1n) is 10.1. The molecule has 4 rings (SSSR count). The van der Waals surface area contributed by atoms with Gasteiger partial charge in [-0.1, -0.05) is 32.9 Å². The lowest BCUT2D eigenvalue weighted by molar-refractivity contribution is -0.176. The molecule has 0 bridgehead atoms. The number of carbonyl (C=O) groups is 2. The number of aliphatic hydroxyl groups excluding tert-OH is 2. The first-order valence-corrected chi connectivity index (χ1v) is 10.1. The second-order valence-corrected chi connectivity index (χ2v) is 9.83. The Morgan fingerprint density at radius 2 is 1.96 bits per heavy atom. The van der Waals surface area contributed by atoms with Gasteiger partial charge in [-0.05, 0) is 35.8 Å². The Balaban J connectivity index is 1.88. The maximum Gasteiger partial charge on any atom is 0.303 e. The van der Waals surface area contributed by atoms with Crippen molar-refractivity contribution in [1.29, 1.82) is 0 Å². The van der Waals surface area contributed by atoms with E-state index in [0.717, 1.165) is 0 Å². The van der Waals surface area contributed by atoms with Crippen LogP contribution in [-0.2, 0) is 14.3 Å². The van der Waals surface area contributed by atoms with Crippen molar-refractivity contribution in [3.63, 3.8) is 0 Å². The van der Waals surface area contributed by atoms with Gasteiger partial charge in [0.2, 0.25) is 0 Å². The molecule has 2 saturated carbocycles. The van der Waals surface area contributed by atoms with Gasteiger partial charge in [-0.15, -0.1) is 0 Å². The van der Waals surface area contributed by atoms with E-state index >= 15 is 0 Å². The first-order chi connectivity index (χ1) is 12.9. The van der Waals surface area contributed by atoms with Crippen LogP contribution in [0.1, 0.15) is 41.0 Å². The van der Waals surface area contributed by atoms with Crippen molar-refractivity contribution in [3.05, 3.63) is 23.3 Å². The standard InChI is InChI=1S/C22H30O6/c1-10-6-15-16-11(2)19(26)22(28-12(3)24)17(20(22,4)5)14(16)7-13(9-23)8-21(15,27)18(10)25/h6-7,11,14-17,19,23,26-27H,8-9H2,1-5H3/t11-,14?,15-,16?,17+,19+,21+,22+/m0/s1. The number of carbonyl (C=O) groups excluding carboxylic acids is 2. The van der Waals surface area contributed by atoms with Crippen LogP contribution < -0.4 is 0 Å². The molecule has 0 aromatic carbocycles. The number of ether oxygens (including phenoxy) is 1. The number of Topliss-reactive ketones (excluding diaryl/α,β-unsaturated/α-hetero) is 1. The Morgan fingerprint density at radius 1 is 1.32 bits per heavy atom. The van der Waals surface area contributed by atoms with Gasteiger partial charge in [0.15, 0.2) is 5.78 Å². The Bertz CT molecular complexity index is 810. The molecule has 2 fully saturated rings. The lowest BCUT2D eigenvalue weighted by Gasteiger charge is -2.46. The molecule has 0 heterocycles. The topological polar surface area (TPSA) is 104 Å². The van der Waals surface area contributed by atoms with Gasteiger partial charge in [0.1, 0.15) is 11.2 Å². The smallest absolute Gasteiger partial charge is 0.303 e. The highest BCUT2D eigenvalue weighted by Gasteiger charge is 2.83. The summed E-state index contributed by atoms with van der Waals surface area (Å²) in [6.07, 6.45) is 3.00. The van der Waals surface area contributed by atoms with Crippen LogP contribution in [-0.4, -0.2) is 51.0 Å². The summed E-state index contributed by atoms with van der Waals surface area (Å²) < 4.78 is 5.76. The van der Waals surface area contributed by atoms with E-state index in [1.165, 1.54) is 6.92 Å². The molecule has 0 aliphatic heterocycles. The van der Waals surface area contributed by atoms with Crippen LogP contribution in [0, 0.1) is 35.0 Å². The summed E-state index contributed by atoms with van der Waals surface area (Å²) in [5, 5.41) is 32.6. The maximum atomic E-state index is 12.8. The first kappa shape index (κ1) is 19.8. The summed E-state index contributed by atoms with van der Waals surface area (Å²) in [6.45, 7) is 8.71. The quantitative estimate of drug-likeness (QED) is 0.486. The molecule has 0 aromatic rings. The fourth-order valence-corrected chi connectivity index (χ4v) is 6.96. The summed E-state index contributed by atoms with van der Waals surface area (Å²) in [4.78, 5) is 24.7. The fraction of sp³-hybridized carbons (Fsp3) is 0.727. The molecule has 2 unspecified atom stereocenters. The molecule has 0 spiro atoms. The number of allylic oxidation sites excluding steroid dienone is 1. The summed E-state index contributed by atoms with van der Waals surface area (Å²) in [6, 6.07) is 0. The van der Waals surface area contributed by atoms with Crippen molar-refractivity contribution >= 4 is 11.8 Å². The molecule has 4 aliphatic rings. The van der Waals surface area contributed by atoms with Crippen molar-refractivity contribution < 1.29 is 29.6 Å². The zero-order chi connectivity index (χ0) is 20.8. The lowest BCUT2D eigenvalue weighted by atomic mass is 9.62. The van der Waals surface area contributed by atoms with Gasteiger partial charge < -0.3 is 20.1 Å². The van der Waals surface area contributed by atoms with Crippen LogP contribution in [0.2, 0.25) is 0 Å². The number of ketones is 1. The van der Waals surface area contributed by atoms with Crippen molar-refractivity contribution in [2.24, 2.45) is 35.0 Å². The number of hydrogen-bond donors (Lipinski definition) is 3. The van der Waals surface area contributed by atoms with Crippen LogP contribution in [0.4, 0.5) is 0 Å². The SMILES string of the molecule is CC(=O)O[C@@]12[C@H](O)[C@@H](C)C3C(C=C(CO)C[C@]4(O)C(=O)C(C)=C[C@@H]34)[C@@H]1C2(C)C. The summed E-state index contributed by atoms with van der Waals surface area (Å²) in [7, 11) is 0. The van der Waals surface area contributed by atoms with Gasteiger partial charge in [0.05, 0.1) is 12.7 Å². The van der Waals surface area contributed by atoms with Crippen molar-refractivity contribution in [2.45, 2.75) is 58.3 Å². The highest BCUT2D eigenvalue weighted by Crippen LogP contribution is 2.75. The van der Waals surface area contributed by atoms with E-state index < -0.39 is 34.6 Å². The largest absolute Gasteiger partial charge is 0.456 e. The zero-order valence-electron chi connectivity index (χ0n) is 17.1. The molecular formula is C22H30O6. The maximum absolute atomic E-state index is 12.8. The normalized spacial score (nSPS) is 48.5. The van der Waals surface area contributed by atoms with E-state index in [-0.39, 0.29) is 42.5 Å². The van der Waals surface area contributed by atoms with Crippen molar-refractivity contribution in [2.75, 3.05) is 6.61 Å². The van der Waals surface area contributed by atoms with Crippen LogP contribution in [0.15, 0.2) is 23.3 Å². The Hall–Kier alpha value is -1.50. The highest BCUT2D eigenvalue weighted by molar-refractivity contribution is 6.04. The predicted octanol–water partition coefficient (Wildman–Crippen LogP) is 1.39. The van der Waals surface area contributed by atoms with E-state index in [1.54, 1.807) is 6.92 Å². The zero-order valence-corrected chi connectivity index (χ0v) is 17.1. The minimum absolute atomic E-state index is 0.0877. The fourth-order valence-electron chi connectivity index (χ4n) is 6.96. The number of esters is 1. The van der Waals surface area contributed by atoms with Crippen LogP contribution >= 0.6 is 0 Å². The second-order valence-electron chi connectivity index (χ2n) is 9.83. The number of aliphatic hydroxyl groups is 3. The molecule has 4 aliphatic carbocycles. The third-order valence-electron chi connectivity index (χ3n) is 8.12. The van der Waals surface area contributed by atoms with E-state index in [0.29, 0.717) is 11.1 Å². The van der Waals surface area contributed by atoms with Crippen LogP contribution in [0.25, 0.3) is 0 Å². The molecule has 6 heteroatoms. The highest BCUT2D eigenvalue weighted by atomic mass is 16.6. The van der Waals surface area contributed by atoms with Crippen LogP contribution in [0.5, 0.6) is 0 Å². The molecule has 3 N–H and O–H groups in total. The second kappa shape index (κ2) is 5.77. The van der Waals surface area contributed by atoms with E-state index in [4.69, 9.17) is 4.74 Å². The average Bonchev–Trinajstić information content (AvgIpc) is 3.06.